The Bertz CT molecular complexity index is 5610. The zero-order chi connectivity index (χ0) is 62.6. The Balaban J connectivity index is 0.910. The number of pyridine rings is 1. The van der Waals surface area contributed by atoms with E-state index >= 15 is 0 Å². The normalized spacial score (nSPS) is 12.2. The van der Waals surface area contributed by atoms with Crippen molar-refractivity contribution in [2.24, 2.45) is 0 Å². The maximum Gasteiger partial charge on any atom is 0.221 e. The van der Waals surface area contributed by atoms with Gasteiger partial charge in [0.25, 0.3) is 0 Å². The number of imidazole rings is 4. The lowest BCUT2D eigenvalue weighted by Gasteiger charge is -2.34. The van der Waals surface area contributed by atoms with Crippen molar-refractivity contribution >= 4 is 135 Å². The molecule has 446 valence electrons. The molecule has 0 N–H and O–H groups in total. The lowest BCUT2D eigenvalue weighted by atomic mass is 10.1. The first-order valence-electron chi connectivity index (χ1n) is 32.4. The zero-order valence-electron chi connectivity index (χ0n) is 51.6. The molecule has 0 aliphatic carbocycles. The van der Waals surface area contributed by atoms with E-state index in [0.717, 1.165) is 95.2 Å². The van der Waals surface area contributed by atoms with E-state index in [4.69, 9.17) is 15.0 Å². The molecule has 0 radical (unpaired) electrons. The Kier molecular flexibility index (Phi) is 12.5. The maximum absolute atomic E-state index is 6.00. The highest BCUT2D eigenvalue weighted by Crippen LogP contribution is 2.38. The van der Waals surface area contributed by atoms with Gasteiger partial charge in [-0.1, -0.05) is 267 Å². The first-order chi connectivity index (χ1) is 47.1. The van der Waals surface area contributed by atoms with E-state index in [1.807, 2.05) is 0 Å². The van der Waals surface area contributed by atoms with E-state index in [1.165, 1.54) is 52.3 Å². The van der Waals surface area contributed by atoms with E-state index in [-0.39, 0.29) is 0 Å². The number of rotatable bonds is 12. The zero-order valence-corrected chi connectivity index (χ0v) is 53.6. The van der Waals surface area contributed by atoms with Crippen molar-refractivity contribution < 1.29 is 0 Å². The summed E-state index contributed by atoms with van der Waals surface area (Å²) in [6.07, 6.45) is 0. The van der Waals surface area contributed by atoms with E-state index in [2.05, 4.69) is 374 Å². The molecule has 0 aliphatic heterocycles. The second-order valence-corrected chi connectivity index (χ2v) is 32.4. The largest absolute Gasteiger partial charge is 0.309 e. The molecule has 0 unspecified atom stereocenters. The summed E-state index contributed by atoms with van der Waals surface area (Å²) < 4.78 is 11.7. The van der Waals surface area contributed by atoms with E-state index < -0.39 is 16.1 Å². The molecule has 6 heterocycles. The molecule has 0 amide bonds. The van der Waals surface area contributed by atoms with Gasteiger partial charge >= 0.3 is 0 Å². The SMILES string of the molecule is c1ccc([Si](c2ccccc2)(c2ccccc2)c2ccc3c(c2)n2c4ccccc4nc2n3-c2cc(-c3cccc(-n4c5ccccc5c5ccccc54)c3)cc(-n3c4ccc([Si](c5ccccc5)(c5ccccc5)c5ccccc5)cc4n4c5ccccc5nc34)n2)cc1. The average Bonchev–Trinajstić information content (AvgIpc) is 1.62. The third-order valence-corrected chi connectivity index (χ3v) is 29.3. The van der Waals surface area contributed by atoms with Crippen molar-refractivity contribution in [1.29, 1.82) is 0 Å². The Hall–Kier alpha value is -12.2. The second kappa shape index (κ2) is 21.7. The second-order valence-electron chi connectivity index (χ2n) is 24.7. The average molecular weight is 1250 g/mol. The third-order valence-electron chi connectivity index (χ3n) is 19.8. The van der Waals surface area contributed by atoms with Crippen molar-refractivity contribution in [2.45, 2.75) is 0 Å². The van der Waals surface area contributed by atoms with Gasteiger partial charge in [0.1, 0.15) is 11.6 Å². The third kappa shape index (κ3) is 8.21. The van der Waals surface area contributed by atoms with E-state index in [1.54, 1.807) is 0 Å². The molecule has 8 nitrogen and oxygen atoms in total. The Morgan fingerprint density at radius 3 is 0.947 bits per heavy atom. The van der Waals surface area contributed by atoms with Crippen molar-refractivity contribution in [3.63, 3.8) is 0 Å². The molecule has 13 aromatic carbocycles. The summed E-state index contributed by atoms with van der Waals surface area (Å²) in [6, 6.07) is 129. The molecule has 95 heavy (non-hydrogen) atoms. The molecule has 0 bridgehead atoms. The van der Waals surface area contributed by atoms with E-state index in [9.17, 15) is 0 Å². The van der Waals surface area contributed by atoms with Crippen molar-refractivity contribution in [3.05, 3.63) is 352 Å². The van der Waals surface area contributed by atoms with Crippen LogP contribution in [-0.2, 0) is 0 Å². The Morgan fingerprint density at radius 2 is 0.558 bits per heavy atom. The molecule has 0 atom stereocenters. The highest BCUT2D eigenvalue weighted by atomic mass is 28.3. The van der Waals surface area contributed by atoms with Crippen LogP contribution in [0, 0.1) is 0 Å². The van der Waals surface area contributed by atoms with Gasteiger partial charge < -0.3 is 4.57 Å². The lowest BCUT2D eigenvalue weighted by molar-refractivity contribution is 0.983. The van der Waals surface area contributed by atoms with Crippen molar-refractivity contribution in [2.75, 3.05) is 0 Å². The highest BCUT2D eigenvalue weighted by molar-refractivity contribution is 7.20. The molecule has 0 saturated heterocycles. The molecular formula is C85H58N8Si2. The van der Waals surface area contributed by atoms with Crippen LogP contribution in [0.3, 0.4) is 0 Å². The highest BCUT2D eigenvalue weighted by Gasteiger charge is 2.43. The number of nitrogens with zero attached hydrogens (tertiary/aromatic N) is 8. The Labute approximate surface area is 549 Å². The van der Waals surface area contributed by atoms with Crippen LogP contribution in [0.1, 0.15) is 0 Å². The van der Waals surface area contributed by atoms with E-state index in [0.29, 0.717) is 0 Å². The van der Waals surface area contributed by atoms with Gasteiger partial charge in [-0.05, 0) is 138 Å². The van der Waals surface area contributed by atoms with Crippen molar-refractivity contribution in [3.8, 4) is 28.5 Å². The fourth-order valence-electron chi connectivity index (χ4n) is 15.8. The molecule has 19 aromatic rings. The summed E-state index contributed by atoms with van der Waals surface area (Å²) in [5, 5.41) is 12.8. The predicted molar refractivity (Wildman–Crippen MR) is 397 cm³/mol. The van der Waals surface area contributed by atoms with Gasteiger partial charge in [-0.15, -0.1) is 0 Å². The van der Waals surface area contributed by atoms with Crippen LogP contribution in [0.2, 0.25) is 0 Å². The fraction of sp³-hybridized carbons (Fsp3) is 0. The van der Waals surface area contributed by atoms with Crippen LogP contribution in [0.4, 0.5) is 0 Å². The van der Waals surface area contributed by atoms with Crippen molar-refractivity contribution in [1.82, 2.24) is 37.5 Å². The number of benzene rings is 13. The first-order valence-corrected chi connectivity index (χ1v) is 36.4. The van der Waals surface area contributed by atoms with Gasteiger partial charge in [0.2, 0.25) is 11.6 Å². The minimum absolute atomic E-state index is 0.719. The lowest BCUT2D eigenvalue weighted by Crippen LogP contribution is -2.74. The Morgan fingerprint density at radius 1 is 0.211 bits per heavy atom. The molecule has 0 fully saturated rings. The monoisotopic (exact) mass is 1250 g/mol. The van der Waals surface area contributed by atoms with Crippen LogP contribution in [-0.4, -0.2) is 53.6 Å². The predicted octanol–water partition coefficient (Wildman–Crippen LogP) is 14.1. The van der Waals surface area contributed by atoms with Crippen LogP contribution in [0.25, 0.3) is 106 Å². The molecule has 0 spiro atoms. The number of hydrogen-bond donors (Lipinski definition) is 0. The molecule has 0 aliphatic rings. The summed E-state index contributed by atoms with van der Waals surface area (Å²) in [7, 11) is -5.99. The van der Waals surface area contributed by atoms with Gasteiger partial charge in [-0.3, -0.25) is 17.9 Å². The van der Waals surface area contributed by atoms with Crippen LogP contribution in [0.15, 0.2) is 352 Å². The van der Waals surface area contributed by atoms with Gasteiger partial charge in [0.05, 0.1) is 55.2 Å². The summed E-state index contributed by atoms with van der Waals surface area (Å²) in [5.41, 5.74) is 13.3. The molecule has 6 aromatic heterocycles. The minimum atomic E-state index is -2.99. The van der Waals surface area contributed by atoms with Gasteiger partial charge in [-0.2, -0.15) is 0 Å². The quantitative estimate of drug-likeness (QED) is 0.0904. The van der Waals surface area contributed by atoms with Crippen LogP contribution >= 0.6 is 0 Å². The number of hydrogen-bond acceptors (Lipinski definition) is 3. The summed E-state index contributed by atoms with van der Waals surface area (Å²) in [4.78, 5) is 17.2. The first kappa shape index (κ1) is 54.5. The summed E-state index contributed by atoms with van der Waals surface area (Å²) in [5.74, 6) is 2.97. The smallest absolute Gasteiger partial charge is 0.221 e. The number of aromatic nitrogens is 8. The molecule has 10 heteroatoms. The van der Waals surface area contributed by atoms with Crippen LogP contribution in [0.5, 0.6) is 0 Å². The summed E-state index contributed by atoms with van der Waals surface area (Å²) in [6.45, 7) is 0. The summed E-state index contributed by atoms with van der Waals surface area (Å²) >= 11 is 0. The topological polar surface area (TPSA) is 62.3 Å². The standard InChI is InChI=1S/C85H58N8Si2/c1-7-30-62(31-8-1)94(63-32-9-2-10-33-63,64-34-11-3-12-35-64)68-50-52-78-80(57-68)90-76-48-25-21-44-72(76)86-84(90)92(78)82-55-60(59-28-27-29-61(54-59)89-74-46-23-19-42-70(74)71-43-20-24-47-75(71)89)56-83(88-82)93-79-53-51-69(58-81(79)91-77-49-26-22-45-73(77)87-85(91)93)95(65-36-13-4-14-37-65,66-38-15-5-16-39-66)67-40-17-6-18-41-67/h1-58H. The number of para-hydroxylation sites is 6. The number of fused-ring (bicyclic) bond motifs is 13. The molecular weight excluding hydrogens is 1190 g/mol. The molecule has 19 rings (SSSR count). The van der Waals surface area contributed by atoms with Crippen LogP contribution < -0.4 is 41.5 Å². The molecule has 0 saturated carbocycles. The minimum Gasteiger partial charge on any atom is -0.309 e. The maximum atomic E-state index is 6.00. The van der Waals surface area contributed by atoms with Gasteiger partial charge in [0.15, 0.2) is 16.1 Å². The van der Waals surface area contributed by atoms with Gasteiger partial charge in [0, 0.05) is 16.5 Å². The fourth-order valence-corrected chi connectivity index (χ4v) is 25.3. The van der Waals surface area contributed by atoms with Gasteiger partial charge in [-0.25, -0.2) is 15.0 Å².